The van der Waals surface area contributed by atoms with Gasteiger partial charge in [0.25, 0.3) is 0 Å². The molecule has 5 nitrogen and oxygen atoms in total. The Morgan fingerprint density at radius 3 is 2.42 bits per heavy atom. The summed E-state index contributed by atoms with van der Waals surface area (Å²) >= 11 is 0. The zero-order valence-corrected chi connectivity index (χ0v) is 14.2. The van der Waals surface area contributed by atoms with E-state index in [9.17, 15) is 9.59 Å². The number of anilines is 1. The summed E-state index contributed by atoms with van der Waals surface area (Å²) in [4.78, 5) is 26.0. The second-order valence-electron chi connectivity index (χ2n) is 5.42. The molecule has 2 rings (SSSR count). The van der Waals surface area contributed by atoms with Gasteiger partial charge < -0.3 is 15.0 Å². The summed E-state index contributed by atoms with van der Waals surface area (Å²) in [6.07, 6.45) is 0. The molecule has 0 aliphatic carbocycles. The van der Waals surface area contributed by atoms with E-state index in [0.29, 0.717) is 13.1 Å². The second-order valence-corrected chi connectivity index (χ2v) is 5.42. The lowest BCUT2D eigenvalue weighted by molar-refractivity contribution is -0.137. The predicted octanol–water partition coefficient (Wildman–Crippen LogP) is 2.67. The number of carbonyl (C=O) groups is 2. The van der Waals surface area contributed by atoms with E-state index >= 15 is 0 Å². The molecule has 2 aromatic rings. The predicted molar refractivity (Wildman–Crippen MR) is 94.0 cm³/mol. The van der Waals surface area contributed by atoms with Crippen molar-refractivity contribution in [3.05, 3.63) is 59.7 Å². The lowest BCUT2D eigenvalue weighted by Crippen LogP contribution is -2.42. The normalized spacial score (nSPS) is 10.1. The molecule has 0 unspecified atom stereocenters. The van der Waals surface area contributed by atoms with Crippen LogP contribution in [0, 0.1) is 6.92 Å². The number of likely N-dealkylation sites (N-methyl/N-ethyl adjacent to an activating group) is 1. The molecule has 0 aromatic heterocycles. The Kier molecular flexibility index (Phi) is 5.95. The number of rotatable bonds is 5. The van der Waals surface area contributed by atoms with Gasteiger partial charge in [0.05, 0.1) is 7.11 Å². The summed E-state index contributed by atoms with van der Waals surface area (Å²) in [6.45, 7) is 4.51. The van der Waals surface area contributed by atoms with E-state index in [1.807, 2.05) is 62.4 Å². The van der Waals surface area contributed by atoms with Gasteiger partial charge in [0.1, 0.15) is 5.75 Å². The largest absolute Gasteiger partial charge is 0.497 e. The van der Waals surface area contributed by atoms with Crippen LogP contribution in [0.4, 0.5) is 5.69 Å². The van der Waals surface area contributed by atoms with Gasteiger partial charge in [-0.2, -0.15) is 0 Å². The first-order valence-electron chi connectivity index (χ1n) is 7.84. The minimum absolute atomic E-state index is 0.292. The molecule has 2 amide bonds. The van der Waals surface area contributed by atoms with Crippen LogP contribution >= 0.6 is 0 Å². The molecule has 24 heavy (non-hydrogen) atoms. The summed E-state index contributed by atoms with van der Waals surface area (Å²) < 4.78 is 5.09. The Morgan fingerprint density at radius 1 is 1.12 bits per heavy atom. The van der Waals surface area contributed by atoms with Gasteiger partial charge in [-0.1, -0.05) is 24.3 Å². The topological polar surface area (TPSA) is 58.6 Å². The summed E-state index contributed by atoms with van der Waals surface area (Å²) in [5.74, 6) is -0.427. The van der Waals surface area contributed by atoms with Crippen LogP contribution in [0.3, 0.4) is 0 Å². The first kappa shape index (κ1) is 17.5. The number of hydrogen-bond donors (Lipinski definition) is 1. The van der Waals surface area contributed by atoms with Crippen molar-refractivity contribution < 1.29 is 14.3 Å². The van der Waals surface area contributed by atoms with Gasteiger partial charge in [0.2, 0.25) is 0 Å². The lowest BCUT2D eigenvalue weighted by Gasteiger charge is -2.20. The Hall–Kier alpha value is -2.82. The van der Waals surface area contributed by atoms with E-state index in [2.05, 4.69) is 5.32 Å². The molecular formula is C19H22N2O3. The second kappa shape index (κ2) is 8.15. The van der Waals surface area contributed by atoms with E-state index < -0.39 is 11.8 Å². The number of nitrogens with zero attached hydrogens (tertiary/aromatic N) is 1. The quantitative estimate of drug-likeness (QED) is 0.860. The molecule has 0 saturated carbocycles. The molecule has 5 heteroatoms. The van der Waals surface area contributed by atoms with Crippen molar-refractivity contribution in [2.24, 2.45) is 0 Å². The fraction of sp³-hybridized carbons (Fsp3) is 0.263. The van der Waals surface area contributed by atoms with Gasteiger partial charge in [-0.3, -0.25) is 9.59 Å². The van der Waals surface area contributed by atoms with Gasteiger partial charge in [0.15, 0.2) is 0 Å². The Bertz CT molecular complexity index is 711. The highest BCUT2D eigenvalue weighted by molar-refractivity contribution is 6.40. The lowest BCUT2D eigenvalue weighted by atomic mass is 10.2. The van der Waals surface area contributed by atoms with Crippen molar-refractivity contribution in [1.82, 2.24) is 5.32 Å². The summed E-state index contributed by atoms with van der Waals surface area (Å²) in [6, 6.07) is 14.9. The maximum Gasteiger partial charge on any atom is 0.316 e. The number of carbonyl (C=O) groups excluding carboxylic acids is 2. The van der Waals surface area contributed by atoms with Crippen molar-refractivity contribution >= 4 is 17.5 Å². The molecule has 0 aliphatic heterocycles. The Morgan fingerprint density at radius 2 is 1.83 bits per heavy atom. The molecule has 126 valence electrons. The third kappa shape index (κ3) is 4.35. The molecule has 0 bridgehead atoms. The molecule has 0 radical (unpaired) electrons. The van der Waals surface area contributed by atoms with Crippen LogP contribution in [-0.2, 0) is 16.1 Å². The molecule has 0 fully saturated rings. The molecule has 0 heterocycles. The van der Waals surface area contributed by atoms with Crippen LogP contribution in [0.25, 0.3) is 0 Å². The molecule has 0 spiro atoms. The summed E-state index contributed by atoms with van der Waals surface area (Å²) in [5.41, 5.74) is 2.66. The minimum Gasteiger partial charge on any atom is -0.497 e. The van der Waals surface area contributed by atoms with Crippen molar-refractivity contribution in [3.63, 3.8) is 0 Å². The number of amides is 2. The van der Waals surface area contributed by atoms with E-state index in [4.69, 9.17) is 4.74 Å². The monoisotopic (exact) mass is 326 g/mol. The number of hydrogen-bond acceptors (Lipinski definition) is 3. The van der Waals surface area contributed by atoms with Crippen LogP contribution in [-0.4, -0.2) is 25.5 Å². The third-order valence-electron chi connectivity index (χ3n) is 3.68. The maximum atomic E-state index is 12.4. The number of ether oxygens (including phenoxy) is 1. The summed E-state index contributed by atoms with van der Waals surface area (Å²) in [7, 11) is 1.60. The first-order chi connectivity index (χ1) is 11.5. The molecule has 0 aliphatic rings. The zero-order valence-electron chi connectivity index (χ0n) is 14.2. The van der Waals surface area contributed by atoms with Crippen molar-refractivity contribution in [3.8, 4) is 5.75 Å². The van der Waals surface area contributed by atoms with Crippen LogP contribution in [0.5, 0.6) is 5.75 Å². The van der Waals surface area contributed by atoms with Gasteiger partial charge in [-0.25, -0.2) is 0 Å². The highest BCUT2D eigenvalue weighted by Crippen LogP contribution is 2.16. The number of aryl methyl sites for hydroxylation is 1. The Balaban J connectivity index is 2.00. The van der Waals surface area contributed by atoms with Crippen LogP contribution in [0.15, 0.2) is 48.5 Å². The number of benzene rings is 2. The van der Waals surface area contributed by atoms with Crippen LogP contribution < -0.4 is 15.0 Å². The average molecular weight is 326 g/mol. The van der Waals surface area contributed by atoms with E-state index in [-0.39, 0.29) is 0 Å². The van der Waals surface area contributed by atoms with E-state index in [1.165, 1.54) is 4.90 Å². The fourth-order valence-corrected chi connectivity index (χ4v) is 2.36. The molecule has 1 N–H and O–H groups in total. The minimum atomic E-state index is -0.617. The standard InChI is InChI=1S/C19H22N2O3/c1-4-21(16-7-5-6-14(2)12-16)19(23)18(22)20-13-15-8-10-17(24-3)11-9-15/h5-12H,4,13H2,1-3H3,(H,20,22). The molecule has 0 saturated heterocycles. The highest BCUT2D eigenvalue weighted by Gasteiger charge is 2.21. The van der Waals surface area contributed by atoms with Crippen molar-refractivity contribution in [2.75, 3.05) is 18.6 Å². The van der Waals surface area contributed by atoms with Gasteiger partial charge in [-0.15, -0.1) is 0 Å². The zero-order chi connectivity index (χ0) is 17.5. The van der Waals surface area contributed by atoms with Crippen LogP contribution in [0.1, 0.15) is 18.1 Å². The van der Waals surface area contributed by atoms with Gasteiger partial charge >= 0.3 is 11.8 Å². The SMILES string of the molecule is CCN(C(=O)C(=O)NCc1ccc(OC)cc1)c1cccc(C)c1. The van der Waals surface area contributed by atoms with E-state index in [0.717, 1.165) is 22.6 Å². The Labute approximate surface area is 142 Å². The third-order valence-corrected chi connectivity index (χ3v) is 3.68. The first-order valence-corrected chi connectivity index (χ1v) is 7.84. The number of nitrogens with one attached hydrogen (secondary N) is 1. The molecular weight excluding hydrogens is 304 g/mol. The molecule has 2 aromatic carbocycles. The van der Waals surface area contributed by atoms with Crippen molar-refractivity contribution in [1.29, 1.82) is 0 Å². The smallest absolute Gasteiger partial charge is 0.316 e. The number of methoxy groups -OCH3 is 1. The highest BCUT2D eigenvalue weighted by atomic mass is 16.5. The van der Waals surface area contributed by atoms with Crippen molar-refractivity contribution in [2.45, 2.75) is 20.4 Å². The van der Waals surface area contributed by atoms with E-state index in [1.54, 1.807) is 7.11 Å². The summed E-state index contributed by atoms with van der Waals surface area (Å²) in [5, 5.41) is 2.66. The van der Waals surface area contributed by atoms with Gasteiger partial charge in [0, 0.05) is 18.8 Å². The average Bonchev–Trinajstić information content (AvgIpc) is 2.60. The van der Waals surface area contributed by atoms with Crippen LogP contribution in [0.2, 0.25) is 0 Å². The fourth-order valence-electron chi connectivity index (χ4n) is 2.36. The molecule has 0 atom stereocenters. The maximum absolute atomic E-state index is 12.4. The van der Waals surface area contributed by atoms with Gasteiger partial charge in [-0.05, 0) is 49.2 Å².